The highest BCUT2D eigenvalue weighted by molar-refractivity contribution is 5.04. The van der Waals surface area contributed by atoms with Crippen LogP contribution in [0, 0.1) is 17.3 Å². The van der Waals surface area contributed by atoms with Gasteiger partial charge >= 0.3 is 0 Å². The summed E-state index contributed by atoms with van der Waals surface area (Å²) in [6.07, 6.45) is 1.03. The smallest absolute Gasteiger partial charge is 0.146 e. The molecule has 0 unspecified atom stereocenters. The van der Waals surface area contributed by atoms with Crippen LogP contribution in [0.5, 0.6) is 0 Å². The molecule has 0 aromatic heterocycles. The largest absolute Gasteiger partial charge is 0.396 e. The van der Waals surface area contributed by atoms with Crippen molar-refractivity contribution in [3.8, 4) is 0 Å². The van der Waals surface area contributed by atoms with E-state index in [1.54, 1.807) is 7.11 Å². The quantitative estimate of drug-likeness (QED) is 0.504. The fraction of sp³-hybridized carbons (Fsp3) is 1.00. The summed E-state index contributed by atoms with van der Waals surface area (Å²) >= 11 is 0. The van der Waals surface area contributed by atoms with Crippen molar-refractivity contribution in [1.82, 2.24) is 0 Å². The Labute approximate surface area is 80.0 Å². The van der Waals surface area contributed by atoms with Gasteiger partial charge in [-0.15, -0.1) is 0 Å². The molecular formula is C10H20O3. The lowest BCUT2D eigenvalue weighted by atomic mass is 10.1. The molecular weight excluding hydrogens is 168 g/mol. The summed E-state index contributed by atoms with van der Waals surface area (Å²) in [7, 11) is 1.62. The summed E-state index contributed by atoms with van der Waals surface area (Å²) in [5.74, 6) is 1.09. The Bertz CT molecular complexity index is 156. The van der Waals surface area contributed by atoms with E-state index in [-0.39, 0.29) is 0 Å². The van der Waals surface area contributed by atoms with E-state index in [0.29, 0.717) is 30.7 Å². The lowest BCUT2D eigenvalue weighted by Gasteiger charge is -2.03. The van der Waals surface area contributed by atoms with Gasteiger partial charge in [-0.05, 0) is 23.7 Å². The first kappa shape index (κ1) is 11.0. The second-order valence-corrected chi connectivity index (χ2v) is 4.32. The highest BCUT2D eigenvalue weighted by Gasteiger charge is 2.56. The van der Waals surface area contributed by atoms with Crippen molar-refractivity contribution >= 4 is 0 Å². The van der Waals surface area contributed by atoms with E-state index in [4.69, 9.17) is 14.6 Å². The number of rotatable bonds is 6. The van der Waals surface area contributed by atoms with Gasteiger partial charge in [-0.3, -0.25) is 0 Å². The third-order valence-electron chi connectivity index (χ3n) is 3.26. The molecule has 1 fully saturated rings. The summed E-state index contributed by atoms with van der Waals surface area (Å²) in [6, 6.07) is 0. The van der Waals surface area contributed by atoms with Crippen molar-refractivity contribution in [3.05, 3.63) is 0 Å². The van der Waals surface area contributed by atoms with Crippen LogP contribution >= 0.6 is 0 Å². The Morgan fingerprint density at radius 2 is 2.00 bits per heavy atom. The zero-order chi connectivity index (χ0) is 9.90. The van der Waals surface area contributed by atoms with Crippen molar-refractivity contribution < 1.29 is 14.6 Å². The fourth-order valence-corrected chi connectivity index (χ4v) is 2.15. The lowest BCUT2D eigenvalue weighted by Crippen LogP contribution is -2.01. The van der Waals surface area contributed by atoms with Crippen LogP contribution in [-0.4, -0.2) is 32.2 Å². The molecule has 78 valence electrons. The van der Waals surface area contributed by atoms with Crippen LogP contribution in [0.1, 0.15) is 20.3 Å². The van der Waals surface area contributed by atoms with Crippen molar-refractivity contribution in [2.24, 2.45) is 17.3 Å². The minimum atomic E-state index is 0.307. The Balaban J connectivity index is 2.10. The van der Waals surface area contributed by atoms with Gasteiger partial charge in [0.2, 0.25) is 0 Å². The summed E-state index contributed by atoms with van der Waals surface area (Å²) in [4.78, 5) is 0. The van der Waals surface area contributed by atoms with E-state index in [0.717, 1.165) is 13.0 Å². The standard InChI is InChI=1S/C10H20O3/c1-10(2)8(9(10)6-11)4-5-13-7-12-3/h8-9,11H,4-7H2,1-3H3/t8-,9+/m0/s1. The number of ether oxygens (including phenoxy) is 2. The Kier molecular flexibility index (Phi) is 3.71. The van der Waals surface area contributed by atoms with E-state index in [1.165, 1.54) is 0 Å². The summed E-state index contributed by atoms with van der Waals surface area (Å²) in [6.45, 7) is 5.82. The topological polar surface area (TPSA) is 38.7 Å². The molecule has 0 amide bonds. The van der Waals surface area contributed by atoms with Crippen molar-refractivity contribution in [2.75, 3.05) is 27.1 Å². The molecule has 0 heterocycles. The van der Waals surface area contributed by atoms with Crippen LogP contribution < -0.4 is 0 Å². The number of methoxy groups -OCH3 is 1. The second kappa shape index (κ2) is 4.40. The molecule has 0 aromatic rings. The minimum Gasteiger partial charge on any atom is -0.396 e. The molecule has 0 radical (unpaired) electrons. The van der Waals surface area contributed by atoms with E-state index >= 15 is 0 Å². The van der Waals surface area contributed by atoms with Gasteiger partial charge in [-0.2, -0.15) is 0 Å². The van der Waals surface area contributed by atoms with Gasteiger partial charge in [0.1, 0.15) is 6.79 Å². The highest BCUT2D eigenvalue weighted by Crippen LogP contribution is 2.59. The molecule has 3 heteroatoms. The predicted octanol–water partition coefficient (Wildman–Crippen LogP) is 1.26. The Morgan fingerprint density at radius 3 is 2.46 bits per heavy atom. The summed E-state index contributed by atoms with van der Waals surface area (Å²) in [5.41, 5.74) is 0.311. The molecule has 1 aliphatic rings. The van der Waals surface area contributed by atoms with Crippen LogP contribution in [0.15, 0.2) is 0 Å². The van der Waals surface area contributed by atoms with Gasteiger partial charge in [0.15, 0.2) is 0 Å². The maximum Gasteiger partial charge on any atom is 0.146 e. The van der Waals surface area contributed by atoms with Crippen LogP contribution in [0.25, 0.3) is 0 Å². The number of hydrogen-bond donors (Lipinski definition) is 1. The zero-order valence-corrected chi connectivity index (χ0v) is 8.75. The van der Waals surface area contributed by atoms with Crippen LogP contribution in [-0.2, 0) is 9.47 Å². The van der Waals surface area contributed by atoms with Crippen LogP contribution in [0.4, 0.5) is 0 Å². The van der Waals surface area contributed by atoms with Gasteiger partial charge in [0.05, 0.1) is 0 Å². The van der Waals surface area contributed by atoms with Gasteiger partial charge in [0, 0.05) is 20.3 Å². The molecule has 0 aliphatic heterocycles. The minimum absolute atomic E-state index is 0.307. The average Bonchev–Trinajstić information content (AvgIpc) is 2.61. The van der Waals surface area contributed by atoms with Crippen LogP contribution in [0.2, 0.25) is 0 Å². The van der Waals surface area contributed by atoms with Crippen molar-refractivity contribution in [1.29, 1.82) is 0 Å². The first-order valence-electron chi connectivity index (χ1n) is 4.82. The van der Waals surface area contributed by atoms with E-state index in [1.807, 2.05) is 0 Å². The van der Waals surface area contributed by atoms with Gasteiger partial charge in [0.25, 0.3) is 0 Å². The first-order valence-corrected chi connectivity index (χ1v) is 4.82. The van der Waals surface area contributed by atoms with E-state index < -0.39 is 0 Å². The molecule has 1 rings (SSSR count). The summed E-state index contributed by atoms with van der Waals surface area (Å²) < 4.78 is 9.99. The molecule has 0 saturated heterocycles. The number of hydrogen-bond acceptors (Lipinski definition) is 3. The highest BCUT2D eigenvalue weighted by atomic mass is 16.7. The molecule has 0 spiro atoms. The molecule has 13 heavy (non-hydrogen) atoms. The van der Waals surface area contributed by atoms with Crippen molar-refractivity contribution in [3.63, 3.8) is 0 Å². The third-order valence-corrected chi connectivity index (χ3v) is 3.26. The molecule has 3 nitrogen and oxygen atoms in total. The molecule has 1 saturated carbocycles. The Hall–Kier alpha value is -0.120. The third kappa shape index (κ3) is 2.42. The van der Waals surface area contributed by atoms with E-state index in [2.05, 4.69) is 13.8 Å². The van der Waals surface area contributed by atoms with Crippen LogP contribution in [0.3, 0.4) is 0 Å². The lowest BCUT2D eigenvalue weighted by molar-refractivity contribution is -0.0331. The maximum absolute atomic E-state index is 9.05. The monoisotopic (exact) mass is 188 g/mol. The second-order valence-electron chi connectivity index (χ2n) is 4.32. The Morgan fingerprint density at radius 1 is 1.31 bits per heavy atom. The molecule has 0 bridgehead atoms. The number of aliphatic hydroxyl groups is 1. The van der Waals surface area contributed by atoms with Gasteiger partial charge in [-0.25, -0.2) is 0 Å². The van der Waals surface area contributed by atoms with Gasteiger partial charge < -0.3 is 14.6 Å². The molecule has 2 atom stereocenters. The molecule has 1 aliphatic carbocycles. The predicted molar refractivity (Wildman–Crippen MR) is 50.3 cm³/mol. The van der Waals surface area contributed by atoms with E-state index in [9.17, 15) is 0 Å². The first-order chi connectivity index (χ1) is 6.14. The SMILES string of the molecule is COCOCC[C@H]1[C@@H](CO)C1(C)C. The molecule has 0 aromatic carbocycles. The normalized spacial score (nSPS) is 30.5. The number of aliphatic hydroxyl groups excluding tert-OH is 1. The molecule has 1 N–H and O–H groups in total. The van der Waals surface area contributed by atoms with Crippen molar-refractivity contribution in [2.45, 2.75) is 20.3 Å². The summed E-state index contributed by atoms with van der Waals surface area (Å²) in [5, 5.41) is 9.05. The average molecular weight is 188 g/mol. The zero-order valence-electron chi connectivity index (χ0n) is 8.75. The fourth-order valence-electron chi connectivity index (χ4n) is 2.15. The maximum atomic E-state index is 9.05. The van der Waals surface area contributed by atoms with Gasteiger partial charge in [-0.1, -0.05) is 13.8 Å².